The molecule has 0 aliphatic heterocycles. The van der Waals surface area contributed by atoms with Crippen molar-refractivity contribution in [3.05, 3.63) is 33.9 Å². The molecule has 8 heteroatoms. The second-order valence-corrected chi connectivity index (χ2v) is 7.29. The van der Waals surface area contributed by atoms with Crippen LogP contribution in [0.4, 0.5) is 5.69 Å². The SMILES string of the molecule is CCC(COc1c(C)cccc1[N+](=O)[O-])CS(=O)(=O)Cl. The molecule has 20 heavy (non-hydrogen) atoms. The maximum Gasteiger partial charge on any atom is 0.311 e. The highest BCUT2D eigenvalue weighted by Crippen LogP contribution is 2.30. The highest BCUT2D eigenvalue weighted by Gasteiger charge is 2.20. The van der Waals surface area contributed by atoms with Crippen LogP contribution in [0.5, 0.6) is 5.75 Å². The third-order valence-corrected chi connectivity index (χ3v) is 4.11. The van der Waals surface area contributed by atoms with E-state index in [1.807, 2.05) is 6.92 Å². The Morgan fingerprint density at radius 3 is 2.60 bits per heavy atom. The Morgan fingerprint density at radius 2 is 2.10 bits per heavy atom. The van der Waals surface area contributed by atoms with Crippen LogP contribution in [0.2, 0.25) is 0 Å². The van der Waals surface area contributed by atoms with Crippen LogP contribution in [0.15, 0.2) is 18.2 Å². The topological polar surface area (TPSA) is 86.5 Å². The van der Waals surface area contributed by atoms with Crippen LogP contribution < -0.4 is 4.74 Å². The normalized spacial score (nSPS) is 12.9. The second kappa shape index (κ2) is 6.90. The summed E-state index contributed by atoms with van der Waals surface area (Å²) < 4.78 is 27.6. The van der Waals surface area contributed by atoms with Crippen molar-refractivity contribution in [3.8, 4) is 5.75 Å². The van der Waals surface area contributed by atoms with E-state index in [1.54, 1.807) is 19.1 Å². The summed E-state index contributed by atoms with van der Waals surface area (Å²) in [6.45, 7) is 3.57. The zero-order valence-electron chi connectivity index (χ0n) is 11.2. The van der Waals surface area contributed by atoms with E-state index >= 15 is 0 Å². The van der Waals surface area contributed by atoms with Gasteiger partial charge in [0.25, 0.3) is 0 Å². The van der Waals surface area contributed by atoms with E-state index in [9.17, 15) is 18.5 Å². The van der Waals surface area contributed by atoms with Gasteiger partial charge in [-0.1, -0.05) is 19.1 Å². The molecule has 0 saturated carbocycles. The number of ether oxygens (including phenoxy) is 1. The minimum absolute atomic E-state index is 0.0636. The van der Waals surface area contributed by atoms with Gasteiger partial charge in [0.1, 0.15) is 0 Å². The summed E-state index contributed by atoms with van der Waals surface area (Å²) in [5, 5.41) is 10.9. The van der Waals surface area contributed by atoms with Crippen molar-refractivity contribution in [1.82, 2.24) is 0 Å². The van der Waals surface area contributed by atoms with Gasteiger partial charge in [-0.3, -0.25) is 10.1 Å². The number of hydrogen-bond donors (Lipinski definition) is 0. The fourth-order valence-electron chi connectivity index (χ4n) is 1.74. The molecule has 0 heterocycles. The number of hydrogen-bond acceptors (Lipinski definition) is 5. The van der Waals surface area contributed by atoms with E-state index < -0.39 is 14.0 Å². The molecule has 1 atom stereocenters. The van der Waals surface area contributed by atoms with Crippen molar-refractivity contribution in [3.63, 3.8) is 0 Å². The standard InChI is InChI=1S/C12H16ClNO5S/c1-3-10(8-20(13,17)18)7-19-12-9(2)5-4-6-11(12)14(15)16/h4-6,10H,3,7-8H2,1-2H3. The highest BCUT2D eigenvalue weighted by atomic mass is 35.7. The van der Waals surface area contributed by atoms with E-state index in [0.29, 0.717) is 12.0 Å². The van der Waals surface area contributed by atoms with Crippen molar-refractivity contribution >= 4 is 25.4 Å². The van der Waals surface area contributed by atoms with Crippen molar-refractivity contribution in [1.29, 1.82) is 0 Å². The lowest BCUT2D eigenvalue weighted by Crippen LogP contribution is -2.19. The maximum absolute atomic E-state index is 11.1. The van der Waals surface area contributed by atoms with Crippen LogP contribution in [-0.4, -0.2) is 25.7 Å². The van der Waals surface area contributed by atoms with Gasteiger partial charge >= 0.3 is 5.69 Å². The molecule has 0 N–H and O–H groups in total. The first-order chi connectivity index (χ1) is 9.24. The van der Waals surface area contributed by atoms with Gasteiger partial charge in [0.2, 0.25) is 9.05 Å². The summed E-state index contributed by atoms with van der Waals surface area (Å²) in [6.07, 6.45) is 0.547. The second-order valence-electron chi connectivity index (χ2n) is 4.47. The molecule has 0 aromatic heterocycles. The molecule has 6 nitrogen and oxygen atoms in total. The number of aryl methyl sites for hydroxylation is 1. The zero-order valence-corrected chi connectivity index (χ0v) is 12.8. The lowest BCUT2D eigenvalue weighted by Gasteiger charge is -2.15. The molecule has 0 radical (unpaired) electrons. The van der Waals surface area contributed by atoms with Crippen LogP contribution in [-0.2, 0) is 9.05 Å². The fraction of sp³-hybridized carbons (Fsp3) is 0.500. The summed E-state index contributed by atoms with van der Waals surface area (Å²) in [7, 11) is 1.59. The molecule has 0 saturated heterocycles. The molecule has 0 fully saturated rings. The fourth-order valence-corrected chi connectivity index (χ4v) is 3.16. The van der Waals surface area contributed by atoms with E-state index in [-0.39, 0.29) is 29.7 Å². The Morgan fingerprint density at radius 1 is 1.45 bits per heavy atom. The van der Waals surface area contributed by atoms with Gasteiger partial charge in [-0.15, -0.1) is 0 Å². The summed E-state index contributed by atoms with van der Waals surface area (Å²) >= 11 is 0. The zero-order chi connectivity index (χ0) is 15.3. The highest BCUT2D eigenvalue weighted by molar-refractivity contribution is 8.13. The number of nitro benzene ring substituents is 1. The van der Waals surface area contributed by atoms with Crippen molar-refractivity contribution < 1.29 is 18.1 Å². The van der Waals surface area contributed by atoms with E-state index in [4.69, 9.17) is 15.4 Å². The molecule has 0 aliphatic rings. The van der Waals surface area contributed by atoms with Crippen molar-refractivity contribution in [2.45, 2.75) is 20.3 Å². The molecular formula is C12H16ClNO5S. The lowest BCUT2D eigenvalue weighted by atomic mass is 10.1. The van der Waals surface area contributed by atoms with Gasteiger partial charge in [-0.05, 0) is 18.9 Å². The molecule has 1 rings (SSSR count). The number of nitro groups is 1. The Kier molecular flexibility index (Phi) is 5.76. The van der Waals surface area contributed by atoms with Crippen LogP contribution >= 0.6 is 10.7 Å². The average molecular weight is 322 g/mol. The third-order valence-electron chi connectivity index (χ3n) is 2.86. The molecule has 0 bridgehead atoms. The molecule has 0 amide bonds. The number of rotatable bonds is 7. The smallest absolute Gasteiger partial charge is 0.311 e. The third kappa shape index (κ3) is 4.97. The van der Waals surface area contributed by atoms with E-state index in [1.165, 1.54) is 6.07 Å². The molecule has 1 aromatic carbocycles. The predicted octanol–water partition coefficient (Wildman–Crippen LogP) is 2.88. The Labute approximate surface area is 122 Å². The predicted molar refractivity (Wildman–Crippen MR) is 76.7 cm³/mol. The first-order valence-electron chi connectivity index (χ1n) is 6.03. The first kappa shape index (κ1) is 16.7. The van der Waals surface area contributed by atoms with Gasteiger partial charge in [-0.2, -0.15) is 0 Å². The summed E-state index contributed by atoms with van der Waals surface area (Å²) in [4.78, 5) is 10.4. The Balaban J connectivity index is 2.86. The molecule has 1 unspecified atom stereocenters. The quantitative estimate of drug-likeness (QED) is 0.438. The minimum atomic E-state index is -3.62. The van der Waals surface area contributed by atoms with Crippen molar-refractivity contribution in [2.75, 3.05) is 12.4 Å². The van der Waals surface area contributed by atoms with Crippen LogP contribution in [0.25, 0.3) is 0 Å². The largest absolute Gasteiger partial charge is 0.486 e. The average Bonchev–Trinajstić information content (AvgIpc) is 2.33. The number of nitrogens with zero attached hydrogens (tertiary/aromatic N) is 1. The van der Waals surface area contributed by atoms with Crippen molar-refractivity contribution in [2.24, 2.45) is 5.92 Å². The van der Waals surface area contributed by atoms with Gasteiger partial charge in [0, 0.05) is 22.7 Å². The maximum atomic E-state index is 11.1. The van der Waals surface area contributed by atoms with Gasteiger partial charge in [-0.25, -0.2) is 8.42 Å². The van der Waals surface area contributed by atoms with Crippen LogP contribution in [0.3, 0.4) is 0 Å². The number of halogens is 1. The molecule has 0 aliphatic carbocycles. The van der Waals surface area contributed by atoms with Gasteiger partial charge in [0.15, 0.2) is 5.75 Å². The number of benzene rings is 1. The summed E-state index contributed by atoms with van der Waals surface area (Å²) in [5.74, 6) is -0.357. The lowest BCUT2D eigenvalue weighted by molar-refractivity contribution is -0.386. The first-order valence-corrected chi connectivity index (χ1v) is 8.51. The summed E-state index contributed by atoms with van der Waals surface area (Å²) in [5.41, 5.74) is 0.497. The molecule has 0 spiro atoms. The van der Waals surface area contributed by atoms with Crippen LogP contribution in [0, 0.1) is 23.0 Å². The molecule has 1 aromatic rings. The van der Waals surface area contributed by atoms with E-state index in [2.05, 4.69) is 0 Å². The Bertz CT molecular complexity index is 588. The molecule has 112 valence electrons. The van der Waals surface area contributed by atoms with Gasteiger partial charge in [0.05, 0.1) is 17.3 Å². The van der Waals surface area contributed by atoms with Gasteiger partial charge < -0.3 is 4.74 Å². The monoisotopic (exact) mass is 321 g/mol. The number of para-hydroxylation sites is 1. The Hall–Kier alpha value is -1.34. The van der Waals surface area contributed by atoms with E-state index in [0.717, 1.165) is 0 Å². The summed E-state index contributed by atoms with van der Waals surface area (Å²) in [6, 6.07) is 4.62. The minimum Gasteiger partial charge on any atom is -0.486 e. The van der Waals surface area contributed by atoms with Crippen LogP contribution in [0.1, 0.15) is 18.9 Å². The molecular weight excluding hydrogens is 306 g/mol.